The lowest BCUT2D eigenvalue weighted by atomic mass is 10.2. The first-order chi connectivity index (χ1) is 9.01. The fraction of sp³-hybridized carbons (Fsp3) is 0.308. The third-order valence-corrected chi connectivity index (χ3v) is 2.90. The SMILES string of the molecule is COc1cc(NCc2cn(C)nc2C)c(F)cc1N. The minimum atomic E-state index is -0.403. The van der Waals surface area contributed by atoms with Crippen LogP contribution in [-0.2, 0) is 13.6 Å². The van der Waals surface area contributed by atoms with Crippen molar-refractivity contribution in [1.29, 1.82) is 0 Å². The van der Waals surface area contributed by atoms with Gasteiger partial charge in [0.15, 0.2) is 0 Å². The highest BCUT2D eigenvalue weighted by molar-refractivity contribution is 5.62. The summed E-state index contributed by atoms with van der Waals surface area (Å²) in [6.45, 7) is 2.40. The molecule has 19 heavy (non-hydrogen) atoms. The molecule has 2 rings (SSSR count). The Hall–Kier alpha value is -2.24. The minimum absolute atomic E-state index is 0.281. The number of methoxy groups -OCH3 is 1. The molecule has 102 valence electrons. The molecule has 0 unspecified atom stereocenters. The number of aryl methyl sites for hydroxylation is 2. The normalized spacial score (nSPS) is 10.5. The van der Waals surface area contributed by atoms with Gasteiger partial charge in [0.05, 0.1) is 24.2 Å². The minimum Gasteiger partial charge on any atom is -0.495 e. The Morgan fingerprint density at radius 1 is 1.47 bits per heavy atom. The fourth-order valence-corrected chi connectivity index (χ4v) is 1.89. The molecule has 5 nitrogen and oxygen atoms in total. The molecule has 2 aromatic rings. The Morgan fingerprint density at radius 2 is 2.21 bits per heavy atom. The van der Waals surface area contributed by atoms with Gasteiger partial charge in [0.25, 0.3) is 0 Å². The second-order valence-electron chi connectivity index (χ2n) is 4.34. The zero-order chi connectivity index (χ0) is 14.0. The van der Waals surface area contributed by atoms with Crippen LogP contribution in [0, 0.1) is 12.7 Å². The highest BCUT2D eigenvalue weighted by atomic mass is 19.1. The molecule has 0 radical (unpaired) electrons. The summed E-state index contributed by atoms with van der Waals surface area (Å²) in [4.78, 5) is 0. The molecule has 6 heteroatoms. The van der Waals surface area contributed by atoms with Crippen molar-refractivity contribution in [3.05, 3.63) is 35.4 Å². The van der Waals surface area contributed by atoms with Crippen LogP contribution in [0.5, 0.6) is 5.75 Å². The summed E-state index contributed by atoms with van der Waals surface area (Å²) in [6, 6.07) is 2.80. The van der Waals surface area contributed by atoms with Crippen molar-refractivity contribution < 1.29 is 9.13 Å². The Balaban J connectivity index is 2.17. The number of hydrogen-bond acceptors (Lipinski definition) is 4. The van der Waals surface area contributed by atoms with Crippen LogP contribution < -0.4 is 15.8 Å². The molecule has 0 aliphatic carbocycles. The molecule has 0 saturated heterocycles. The van der Waals surface area contributed by atoms with Crippen molar-refractivity contribution >= 4 is 11.4 Å². The third kappa shape index (κ3) is 2.78. The Bertz CT molecular complexity index is 595. The highest BCUT2D eigenvalue weighted by Gasteiger charge is 2.09. The number of ether oxygens (including phenoxy) is 1. The van der Waals surface area contributed by atoms with Gasteiger partial charge >= 0.3 is 0 Å². The molecule has 0 atom stereocenters. The van der Waals surface area contributed by atoms with Crippen LogP contribution in [0.3, 0.4) is 0 Å². The van der Waals surface area contributed by atoms with Crippen LogP contribution in [0.15, 0.2) is 18.3 Å². The zero-order valence-electron chi connectivity index (χ0n) is 11.2. The monoisotopic (exact) mass is 264 g/mol. The lowest BCUT2D eigenvalue weighted by Crippen LogP contribution is -2.03. The van der Waals surface area contributed by atoms with Gasteiger partial charge in [-0.05, 0) is 6.92 Å². The van der Waals surface area contributed by atoms with Crippen LogP contribution in [0.2, 0.25) is 0 Å². The molecule has 0 saturated carbocycles. The number of nitrogens with one attached hydrogen (secondary N) is 1. The average Bonchev–Trinajstić information content (AvgIpc) is 2.67. The number of anilines is 2. The van der Waals surface area contributed by atoms with Crippen LogP contribution >= 0.6 is 0 Å². The number of nitrogens with two attached hydrogens (primary N) is 1. The molecular weight excluding hydrogens is 247 g/mol. The molecule has 3 N–H and O–H groups in total. The summed E-state index contributed by atoms with van der Waals surface area (Å²) in [6.07, 6.45) is 1.90. The summed E-state index contributed by atoms with van der Waals surface area (Å²) < 4.78 is 20.6. The molecule has 0 bridgehead atoms. The van der Waals surface area contributed by atoms with Crippen LogP contribution in [-0.4, -0.2) is 16.9 Å². The third-order valence-electron chi connectivity index (χ3n) is 2.90. The van der Waals surface area contributed by atoms with Crippen molar-refractivity contribution in [2.75, 3.05) is 18.2 Å². The smallest absolute Gasteiger partial charge is 0.148 e. The van der Waals surface area contributed by atoms with Crippen molar-refractivity contribution in [3.8, 4) is 5.75 Å². The quantitative estimate of drug-likeness (QED) is 0.830. The largest absolute Gasteiger partial charge is 0.495 e. The van der Waals surface area contributed by atoms with Gasteiger partial charge in [-0.15, -0.1) is 0 Å². The molecule has 0 aliphatic rings. The first-order valence-electron chi connectivity index (χ1n) is 5.87. The van der Waals surface area contributed by atoms with Gasteiger partial charge in [-0.2, -0.15) is 5.10 Å². The number of hydrogen-bond donors (Lipinski definition) is 2. The maximum Gasteiger partial charge on any atom is 0.148 e. The maximum absolute atomic E-state index is 13.8. The Morgan fingerprint density at radius 3 is 2.79 bits per heavy atom. The van der Waals surface area contributed by atoms with E-state index in [1.165, 1.54) is 13.2 Å². The first kappa shape index (κ1) is 13.2. The van der Waals surface area contributed by atoms with Crippen LogP contribution in [0.25, 0.3) is 0 Å². The van der Waals surface area contributed by atoms with Gasteiger partial charge in [0, 0.05) is 37.5 Å². The van der Waals surface area contributed by atoms with E-state index in [2.05, 4.69) is 10.4 Å². The number of nitrogen functional groups attached to an aromatic ring is 1. The van der Waals surface area contributed by atoms with Crippen LogP contribution in [0.4, 0.5) is 15.8 Å². The van der Waals surface area contributed by atoms with Crippen LogP contribution in [0.1, 0.15) is 11.3 Å². The predicted octanol–water partition coefficient (Wildman–Crippen LogP) is 2.07. The maximum atomic E-state index is 13.8. The van der Waals surface area contributed by atoms with Crippen molar-refractivity contribution in [3.63, 3.8) is 0 Å². The van der Waals surface area contributed by atoms with E-state index in [0.717, 1.165) is 11.3 Å². The number of halogens is 1. The van der Waals surface area contributed by atoms with Gasteiger partial charge in [0.1, 0.15) is 11.6 Å². The topological polar surface area (TPSA) is 65.1 Å². The predicted molar refractivity (Wildman–Crippen MR) is 72.6 cm³/mol. The number of rotatable bonds is 4. The molecule has 1 heterocycles. The van der Waals surface area contributed by atoms with Crippen molar-refractivity contribution in [2.45, 2.75) is 13.5 Å². The molecular formula is C13H17FN4O. The second kappa shape index (κ2) is 5.17. The first-order valence-corrected chi connectivity index (χ1v) is 5.87. The lowest BCUT2D eigenvalue weighted by molar-refractivity contribution is 0.416. The number of nitrogens with zero attached hydrogens (tertiary/aromatic N) is 2. The van der Waals surface area contributed by atoms with E-state index < -0.39 is 5.82 Å². The molecule has 0 spiro atoms. The summed E-state index contributed by atoms with van der Waals surface area (Å²) in [5, 5.41) is 7.25. The molecule has 0 fully saturated rings. The summed E-state index contributed by atoms with van der Waals surface area (Å²) in [7, 11) is 3.35. The zero-order valence-corrected chi connectivity index (χ0v) is 11.2. The van der Waals surface area contributed by atoms with E-state index in [1.54, 1.807) is 10.7 Å². The summed E-state index contributed by atoms with van der Waals surface area (Å²) in [5.74, 6) is 0.0478. The standard InChI is InChI=1S/C13H17FN4O/c1-8-9(7-18(2)17-8)6-16-12-5-13(19-3)11(15)4-10(12)14/h4-5,7,16H,6,15H2,1-3H3. The van der Waals surface area contributed by atoms with E-state index in [-0.39, 0.29) is 5.69 Å². The van der Waals surface area contributed by atoms with E-state index in [9.17, 15) is 4.39 Å². The van der Waals surface area contributed by atoms with E-state index in [4.69, 9.17) is 10.5 Å². The summed E-state index contributed by atoms with van der Waals surface area (Å²) >= 11 is 0. The van der Waals surface area contributed by atoms with Gasteiger partial charge in [-0.1, -0.05) is 0 Å². The van der Waals surface area contributed by atoms with Gasteiger partial charge in [0.2, 0.25) is 0 Å². The van der Waals surface area contributed by atoms with Gasteiger partial charge < -0.3 is 15.8 Å². The highest BCUT2D eigenvalue weighted by Crippen LogP contribution is 2.28. The van der Waals surface area contributed by atoms with Gasteiger partial charge in [-0.3, -0.25) is 4.68 Å². The average molecular weight is 264 g/mol. The van der Waals surface area contributed by atoms with E-state index >= 15 is 0 Å². The lowest BCUT2D eigenvalue weighted by Gasteiger charge is -2.11. The Kier molecular flexibility index (Phi) is 3.59. The Labute approximate surface area is 111 Å². The second-order valence-corrected chi connectivity index (χ2v) is 4.34. The fourth-order valence-electron chi connectivity index (χ4n) is 1.89. The molecule has 0 amide bonds. The number of benzene rings is 1. The number of aromatic nitrogens is 2. The summed E-state index contributed by atoms with van der Waals surface area (Å²) in [5.41, 5.74) is 8.19. The van der Waals surface area contributed by atoms with Gasteiger partial charge in [-0.25, -0.2) is 4.39 Å². The molecule has 1 aromatic heterocycles. The van der Waals surface area contributed by atoms with E-state index in [0.29, 0.717) is 18.0 Å². The molecule has 1 aromatic carbocycles. The van der Waals surface area contributed by atoms with Crippen molar-refractivity contribution in [1.82, 2.24) is 9.78 Å². The van der Waals surface area contributed by atoms with E-state index in [1.807, 2.05) is 20.2 Å². The molecule has 0 aliphatic heterocycles. The van der Waals surface area contributed by atoms with Crippen molar-refractivity contribution in [2.24, 2.45) is 7.05 Å².